The smallest absolute Gasteiger partial charge is 0.383 e. The van der Waals surface area contributed by atoms with Gasteiger partial charge in [0.1, 0.15) is 11.5 Å². The van der Waals surface area contributed by atoms with Crippen molar-refractivity contribution in [2.45, 2.75) is 91.4 Å². The second-order valence-corrected chi connectivity index (χ2v) is 16.1. The maximum atomic E-state index is 14.6. The molecule has 0 aliphatic rings. The van der Waals surface area contributed by atoms with Crippen LogP contribution in [0, 0.1) is 6.92 Å². The molecule has 4 rings (SSSR count). The first-order chi connectivity index (χ1) is 22.7. The Morgan fingerprint density at radius 2 is 1.42 bits per heavy atom. The van der Waals surface area contributed by atoms with Gasteiger partial charge in [-0.15, -0.1) is 0 Å². The molecule has 0 aliphatic heterocycles. The number of rotatable bonds is 19. The molecule has 2 N–H and O–H groups in total. The molecule has 0 radical (unpaired) electrons. The van der Waals surface area contributed by atoms with Crippen LogP contribution in [0.15, 0.2) is 97.1 Å². The van der Waals surface area contributed by atoms with E-state index in [9.17, 15) is 4.57 Å². The van der Waals surface area contributed by atoms with Crippen LogP contribution in [0.1, 0.15) is 89.0 Å². The van der Waals surface area contributed by atoms with Gasteiger partial charge in [-0.25, -0.2) is 4.57 Å². The van der Waals surface area contributed by atoms with Crippen molar-refractivity contribution in [2.24, 2.45) is 0 Å². The van der Waals surface area contributed by atoms with Gasteiger partial charge in [0.05, 0.1) is 31.1 Å². The van der Waals surface area contributed by atoms with Crippen LogP contribution in [0.3, 0.4) is 0 Å². The fraction of sp³-hybridized carbons (Fsp3) is 0.400. The largest absolute Gasteiger partial charge is 0.446 e. The molecule has 0 heterocycles. The molecule has 0 saturated carbocycles. The van der Waals surface area contributed by atoms with Gasteiger partial charge in [-0.2, -0.15) is 0 Å². The normalized spacial score (nSPS) is 13.3. The second-order valence-electron chi connectivity index (χ2n) is 12.7. The lowest BCUT2D eigenvalue weighted by Crippen LogP contribution is -2.18. The summed E-state index contributed by atoms with van der Waals surface area (Å²) in [6, 6.07) is 32.6. The predicted octanol–water partition coefficient (Wildman–Crippen LogP) is 11.8. The van der Waals surface area contributed by atoms with Crippen LogP contribution in [0.4, 0.5) is 0 Å². The SMILES string of the molecule is CCCCCCC(C)(C)c1cc(OP(Cc2ccccc2)OCC)c(-c2cccc(C)c2)c(OP(=O)(Cc2ccccc2)OCC)c1.O. The van der Waals surface area contributed by atoms with E-state index in [4.69, 9.17) is 18.1 Å². The van der Waals surface area contributed by atoms with Crippen molar-refractivity contribution in [3.63, 3.8) is 0 Å². The van der Waals surface area contributed by atoms with Gasteiger partial charge in [0.2, 0.25) is 8.38 Å². The summed E-state index contributed by atoms with van der Waals surface area (Å²) in [6.45, 7) is 13.5. The first-order valence-corrected chi connectivity index (χ1v) is 20.1. The quantitative estimate of drug-likeness (QED) is 0.0721. The lowest BCUT2D eigenvalue weighted by Gasteiger charge is -2.30. The van der Waals surface area contributed by atoms with E-state index < -0.39 is 16.0 Å². The monoisotopic (exact) mass is 692 g/mol. The molecule has 4 aromatic rings. The van der Waals surface area contributed by atoms with E-state index in [2.05, 4.69) is 70.2 Å². The standard InChI is InChI=1S/C40H52O5P2.H2O/c1-7-10-11-18-26-40(5,6)36-28-37(44-46(42-8-2)30-33-21-14-12-15-22-33)39(35-25-19-20-32(4)27-35)38(29-36)45-47(41,43-9-3)31-34-23-16-13-17-24-34;/h12-17,19-25,27-29H,7-11,18,26,30-31H2,1-6H3;1H2. The van der Waals surface area contributed by atoms with E-state index >= 15 is 0 Å². The minimum absolute atomic E-state index is 0. The molecular formula is C40H54O6P2. The Labute approximate surface area is 290 Å². The number of benzene rings is 4. The summed E-state index contributed by atoms with van der Waals surface area (Å²) in [5.74, 6) is 1.17. The Balaban J connectivity index is 0.00000625. The Morgan fingerprint density at radius 1 is 0.750 bits per heavy atom. The maximum Gasteiger partial charge on any atom is 0.383 e. The van der Waals surface area contributed by atoms with Gasteiger partial charge < -0.3 is 19.0 Å². The van der Waals surface area contributed by atoms with Gasteiger partial charge in [-0.1, -0.05) is 137 Å². The van der Waals surface area contributed by atoms with Crippen molar-refractivity contribution < 1.29 is 28.1 Å². The van der Waals surface area contributed by atoms with Crippen LogP contribution in [0.5, 0.6) is 11.5 Å². The van der Waals surface area contributed by atoms with Crippen LogP contribution in [-0.4, -0.2) is 18.7 Å². The molecule has 48 heavy (non-hydrogen) atoms. The molecule has 0 spiro atoms. The molecule has 0 aliphatic carbocycles. The number of hydrogen-bond donors (Lipinski definition) is 0. The number of aryl methyl sites for hydroxylation is 1. The van der Waals surface area contributed by atoms with Gasteiger partial charge in [0.15, 0.2) is 0 Å². The molecule has 0 aromatic heterocycles. The third-order valence-electron chi connectivity index (χ3n) is 8.22. The maximum absolute atomic E-state index is 14.6. The highest BCUT2D eigenvalue weighted by Crippen LogP contribution is 2.57. The molecule has 6 nitrogen and oxygen atoms in total. The van der Waals surface area contributed by atoms with Crippen LogP contribution in [0.2, 0.25) is 0 Å². The van der Waals surface area contributed by atoms with Crippen molar-refractivity contribution in [3.05, 3.63) is 119 Å². The van der Waals surface area contributed by atoms with Crippen molar-refractivity contribution >= 4 is 16.0 Å². The summed E-state index contributed by atoms with van der Waals surface area (Å²) in [6.07, 6.45) is 6.54. The Kier molecular flexibility index (Phi) is 15.8. The number of hydrogen-bond acceptors (Lipinski definition) is 5. The third kappa shape index (κ3) is 11.6. The van der Waals surface area contributed by atoms with Gasteiger partial charge >= 0.3 is 7.60 Å². The molecular weight excluding hydrogens is 638 g/mol. The van der Waals surface area contributed by atoms with E-state index in [-0.39, 0.29) is 23.7 Å². The zero-order chi connectivity index (χ0) is 33.7. The first-order valence-electron chi connectivity index (χ1n) is 17.0. The van der Waals surface area contributed by atoms with Crippen molar-refractivity contribution in [1.82, 2.24) is 0 Å². The highest BCUT2D eigenvalue weighted by molar-refractivity contribution is 7.53. The fourth-order valence-corrected chi connectivity index (χ4v) is 8.77. The Hall–Kier alpha value is -2.98. The summed E-state index contributed by atoms with van der Waals surface area (Å²) in [7, 11) is -4.97. The predicted molar refractivity (Wildman–Crippen MR) is 201 cm³/mol. The molecule has 0 fully saturated rings. The Morgan fingerprint density at radius 3 is 2.04 bits per heavy atom. The van der Waals surface area contributed by atoms with E-state index in [0.717, 1.165) is 46.2 Å². The average molecular weight is 693 g/mol. The highest BCUT2D eigenvalue weighted by Gasteiger charge is 2.32. The van der Waals surface area contributed by atoms with Crippen LogP contribution < -0.4 is 9.05 Å². The molecule has 2 unspecified atom stereocenters. The lowest BCUT2D eigenvalue weighted by molar-refractivity contribution is 0.278. The van der Waals surface area contributed by atoms with Crippen LogP contribution in [0.25, 0.3) is 11.1 Å². The number of unbranched alkanes of at least 4 members (excludes halogenated alkanes) is 3. The zero-order valence-electron chi connectivity index (χ0n) is 29.5. The molecule has 260 valence electrons. The minimum atomic E-state index is -3.63. The average Bonchev–Trinajstić information content (AvgIpc) is 3.04. The summed E-state index contributed by atoms with van der Waals surface area (Å²) in [5, 5.41) is 0. The third-order valence-corrected chi connectivity index (χ3v) is 11.7. The van der Waals surface area contributed by atoms with Crippen molar-refractivity contribution in [2.75, 3.05) is 13.2 Å². The fourth-order valence-electron chi connectivity index (χ4n) is 5.70. The van der Waals surface area contributed by atoms with E-state index in [1.165, 1.54) is 19.3 Å². The van der Waals surface area contributed by atoms with Gasteiger partial charge in [-0.05, 0) is 67.0 Å². The molecule has 0 saturated heterocycles. The first kappa shape index (κ1) is 39.5. The molecule has 0 amide bonds. The van der Waals surface area contributed by atoms with Gasteiger partial charge in [0.25, 0.3) is 0 Å². The van der Waals surface area contributed by atoms with Crippen LogP contribution >= 0.6 is 16.0 Å². The van der Waals surface area contributed by atoms with Crippen molar-refractivity contribution in [3.8, 4) is 22.6 Å². The van der Waals surface area contributed by atoms with E-state index in [1.54, 1.807) is 0 Å². The van der Waals surface area contributed by atoms with Gasteiger partial charge in [0, 0.05) is 0 Å². The van der Waals surface area contributed by atoms with Gasteiger partial charge in [-0.3, -0.25) is 4.52 Å². The van der Waals surface area contributed by atoms with Crippen molar-refractivity contribution in [1.29, 1.82) is 0 Å². The van der Waals surface area contributed by atoms with E-state index in [1.807, 2.05) is 68.4 Å². The molecule has 8 heteroatoms. The minimum Gasteiger partial charge on any atom is -0.446 e. The topological polar surface area (TPSA) is 85.5 Å². The molecule has 0 bridgehead atoms. The summed E-state index contributed by atoms with van der Waals surface area (Å²) < 4.78 is 40.4. The Bertz CT molecular complexity index is 1580. The summed E-state index contributed by atoms with van der Waals surface area (Å²) in [4.78, 5) is 0. The van der Waals surface area contributed by atoms with E-state index in [0.29, 0.717) is 24.3 Å². The summed E-state index contributed by atoms with van der Waals surface area (Å²) >= 11 is 0. The molecule has 4 aromatic carbocycles. The zero-order valence-corrected chi connectivity index (χ0v) is 31.3. The highest BCUT2D eigenvalue weighted by atomic mass is 31.2. The lowest BCUT2D eigenvalue weighted by atomic mass is 9.79. The second kappa shape index (κ2) is 19.3. The van der Waals surface area contributed by atoms with Crippen LogP contribution in [-0.2, 0) is 31.4 Å². The summed E-state index contributed by atoms with van der Waals surface area (Å²) in [5.41, 5.74) is 5.73. The molecule has 2 atom stereocenters.